The standard InChI is InChI=1S/C17H17NOS/c1-11-9-15(19-18-11)17-14(12-5-3-2-4-6-12)10-13-7-8-16(17)20-13/h2-6,9,13,16H,7-8,10H2,1H3. The van der Waals surface area contributed by atoms with Crippen LogP contribution < -0.4 is 0 Å². The number of fused-ring (bicyclic) bond motifs is 2. The minimum absolute atomic E-state index is 0.580. The Morgan fingerprint density at radius 1 is 1.20 bits per heavy atom. The van der Waals surface area contributed by atoms with Crippen molar-refractivity contribution in [1.29, 1.82) is 0 Å². The van der Waals surface area contributed by atoms with Crippen molar-refractivity contribution in [2.45, 2.75) is 36.7 Å². The molecule has 2 bridgehead atoms. The van der Waals surface area contributed by atoms with Crippen LogP contribution in [-0.2, 0) is 0 Å². The molecule has 1 aromatic heterocycles. The lowest BCUT2D eigenvalue weighted by molar-refractivity contribution is 0.404. The highest BCUT2D eigenvalue weighted by atomic mass is 32.2. The summed E-state index contributed by atoms with van der Waals surface area (Å²) in [5, 5.41) is 5.44. The van der Waals surface area contributed by atoms with Gasteiger partial charge in [0.2, 0.25) is 0 Å². The van der Waals surface area contributed by atoms with Gasteiger partial charge in [-0.3, -0.25) is 0 Å². The maximum atomic E-state index is 5.58. The van der Waals surface area contributed by atoms with Crippen LogP contribution in [0.3, 0.4) is 0 Å². The van der Waals surface area contributed by atoms with Gasteiger partial charge in [-0.25, -0.2) is 0 Å². The number of aromatic nitrogens is 1. The Bertz CT molecular complexity index is 659. The van der Waals surface area contributed by atoms with E-state index in [2.05, 4.69) is 53.3 Å². The van der Waals surface area contributed by atoms with Crippen LogP contribution in [0.2, 0.25) is 0 Å². The Labute approximate surface area is 123 Å². The third-order valence-corrected chi connectivity index (χ3v) is 5.79. The monoisotopic (exact) mass is 283 g/mol. The fourth-order valence-electron chi connectivity index (χ4n) is 3.31. The molecule has 0 saturated carbocycles. The molecule has 3 heteroatoms. The van der Waals surface area contributed by atoms with E-state index in [4.69, 9.17) is 4.52 Å². The van der Waals surface area contributed by atoms with Gasteiger partial charge in [0.25, 0.3) is 0 Å². The molecule has 1 fully saturated rings. The first kappa shape index (κ1) is 12.3. The van der Waals surface area contributed by atoms with E-state index in [1.165, 1.54) is 29.6 Å². The lowest BCUT2D eigenvalue weighted by atomic mass is 9.93. The molecule has 2 unspecified atom stereocenters. The minimum Gasteiger partial charge on any atom is -0.356 e. The van der Waals surface area contributed by atoms with Crippen molar-refractivity contribution in [3.05, 3.63) is 53.4 Å². The van der Waals surface area contributed by atoms with E-state index in [0.717, 1.165) is 23.1 Å². The van der Waals surface area contributed by atoms with Crippen molar-refractivity contribution in [1.82, 2.24) is 5.16 Å². The molecule has 2 aromatic rings. The van der Waals surface area contributed by atoms with E-state index in [-0.39, 0.29) is 0 Å². The number of allylic oxidation sites excluding steroid dienone is 1. The summed E-state index contributed by atoms with van der Waals surface area (Å²) in [7, 11) is 0. The van der Waals surface area contributed by atoms with E-state index >= 15 is 0 Å². The van der Waals surface area contributed by atoms with Crippen molar-refractivity contribution < 1.29 is 4.52 Å². The summed E-state index contributed by atoms with van der Waals surface area (Å²) in [6, 6.07) is 12.8. The van der Waals surface area contributed by atoms with Crippen molar-refractivity contribution in [3.63, 3.8) is 0 Å². The third kappa shape index (κ3) is 2.01. The van der Waals surface area contributed by atoms with Gasteiger partial charge in [0.15, 0.2) is 5.76 Å². The van der Waals surface area contributed by atoms with E-state index in [1.807, 2.05) is 6.92 Å². The van der Waals surface area contributed by atoms with Crippen LogP contribution in [0.4, 0.5) is 0 Å². The van der Waals surface area contributed by atoms with Gasteiger partial charge in [-0.15, -0.1) is 11.8 Å². The van der Waals surface area contributed by atoms with E-state index in [9.17, 15) is 0 Å². The Hall–Kier alpha value is -1.48. The topological polar surface area (TPSA) is 26.0 Å². The zero-order valence-electron chi connectivity index (χ0n) is 11.5. The zero-order chi connectivity index (χ0) is 13.5. The lowest BCUT2D eigenvalue weighted by Crippen LogP contribution is -2.11. The smallest absolute Gasteiger partial charge is 0.164 e. The average molecular weight is 283 g/mol. The van der Waals surface area contributed by atoms with Crippen molar-refractivity contribution in [2.75, 3.05) is 0 Å². The minimum atomic E-state index is 0.580. The molecule has 0 spiro atoms. The predicted molar refractivity (Wildman–Crippen MR) is 83.5 cm³/mol. The zero-order valence-corrected chi connectivity index (χ0v) is 12.3. The van der Waals surface area contributed by atoms with Gasteiger partial charge in [0, 0.05) is 22.1 Å². The van der Waals surface area contributed by atoms with Gasteiger partial charge in [0.1, 0.15) is 0 Å². The first-order valence-corrected chi connectivity index (χ1v) is 8.13. The third-order valence-electron chi connectivity index (χ3n) is 4.20. The Morgan fingerprint density at radius 2 is 2.05 bits per heavy atom. The predicted octanol–water partition coefficient (Wildman–Crippen LogP) is 4.56. The molecule has 20 heavy (non-hydrogen) atoms. The summed E-state index contributed by atoms with van der Waals surface area (Å²) in [5.41, 5.74) is 5.15. The maximum absolute atomic E-state index is 5.58. The number of hydrogen-bond acceptors (Lipinski definition) is 3. The van der Waals surface area contributed by atoms with Gasteiger partial charge in [-0.1, -0.05) is 35.5 Å². The molecular formula is C17H17NOS. The summed E-state index contributed by atoms with van der Waals surface area (Å²) in [6.45, 7) is 1.99. The fraction of sp³-hybridized carbons (Fsp3) is 0.353. The van der Waals surface area contributed by atoms with E-state index < -0.39 is 0 Å². The molecule has 2 atom stereocenters. The first-order valence-electron chi connectivity index (χ1n) is 7.19. The molecule has 2 aliphatic rings. The summed E-state index contributed by atoms with van der Waals surface area (Å²) in [5.74, 6) is 0.971. The van der Waals surface area contributed by atoms with Crippen molar-refractivity contribution >= 4 is 22.9 Å². The number of thioether (sulfide) groups is 1. The Balaban J connectivity index is 1.89. The SMILES string of the molecule is Cc1cc(C2=C(c3ccccc3)CC3CCC2S3)on1. The highest BCUT2D eigenvalue weighted by molar-refractivity contribution is 8.01. The second-order valence-corrected chi connectivity index (χ2v) is 7.13. The quantitative estimate of drug-likeness (QED) is 0.808. The highest BCUT2D eigenvalue weighted by Gasteiger charge is 2.37. The number of hydrogen-bond donors (Lipinski definition) is 0. The summed E-state index contributed by atoms with van der Waals surface area (Å²) < 4.78 is 5.58. The Morgan fingerprint density at radius 3 is 2.80 bits per heavy atom. The first-order chi connectivity index (χ1) is 9.81. The molecule has 0 amide bonds. The second-order valence-electron chi connectivity index (χ2n) is 5.62. The van der Waals surface area contributed by atoms with Crippen LogP contribution in [0.5, 0.6) is 0 Å². The second kappa shape index (κ2) is 4.81. The summed E-state index contributed by atoms with van der Waals surface area (Å²) in [4.78, 5) is 0. The number of benzene rings is 1. The van der Waals surface area contributed by atoms with Crippen LogP contribution in [0, 0.1) is 6.92 Å². The van der Waals surface area contributed by atoms with Gasteiger partial charge < -0.3 is 4.52 Å². The molecule has 102 valence electrons. The molecule has 2 aliphatic heterocycles. The number of aryl methyl sites for hydroxylation is 1. The normalized spacial score (nSPS) is 25.2. The van der Waals surface area contributed by atoms with Crippen molar-refractivity contribution in [3.8, 4) is 0 Å². The molecule has 4 rings (SSSR count). The highest BCUT2D eigenvalue weighted by Crippen LogP contribution is 2.52. The van der Waals surface area contributed by atoms with E-state index in [1.54, 1.807) is 0 Å². The lowest BCUT2D eigenvalue weighted by Gasteiger charge is -2.25. The van der Waals surface area contributed by atoms with Crippen molar-refractivity contribution in [2.24, 2.45) is 0 Å². The van der Waals surface area contributed by atoms with Gasteiger partial charge >= 0.3 is 0 Å². The van der Waals surface area contributed by atoms with Crippen LogP contribution in [0.1, 0.15) is 36.3 Å². The van der Waals surface area contributed by atoms with Gasteiger partial charge in [0.05, 0.1) is 5.69 Å². The van der Waals surface area contributed by atoms with Crippen LogP contribution >= 0.6 is 11.8 Å². The maximum Gasteiger partial charge on any atom is 0.164 e. The van der Waals surface area contributed by atoms with E-state index in [0.29, 0.717) is 5.25 Å². The molecule has 0 aliphatic carbocycles. The molecule has 0 N–H and O–H groups in total. The van der Waals surface area contributed by atoms with Gasteiger partial charge in [-0.2, -0.15) is 0 Å². The molecule has 1 aromatic carbocycles. The average Bonchev–Trinajstić information content (AvgIpc) is 3.07. The summed E-state index contributed by atoms with van der Waals surface area (Å²) in [6.07, 6.45) is 3.74. The molecule has 0 radical (unpaired) electrons. The van der Waals surface area contributed by atoms with Crippen LogP contribution in [0.15, 0.2) is 40.9 Å². The molecule has 1 saturated heterocycles. The molecular weight excluding hydrogens is 266 g/mol. The molecule has 3 heterocycles. The Kier molecular flexibility index (Phi) is 2.95. The van der Waals surface area contributed by atoms with Crippen LogP contribution in [0.25, 0.3) is 11.1 Å². The number of rotatable bonds is 2. The fourth-order valence-corrected chi connectivity index (χ4v) is 4.98. The largest absolute Gasteiger partial charge is 0.356 e. The number of nitrogens with zero attached hydrogens (tertiary/aromatic N) is 1. The van der Waals surface area contributed by atoms with Crippen LogP contribution in [-0.4, -0.2) is 15.7 Å². The van der Waals surface area contributed by atoms with Gasteiger partial charge in [-0.05, 0) is 37.3 Å². The summed E-state index contributed by atoms with van der Waals surface area (Å²) >= 11 is 2.12. The molecule has 2 nitrogen and oxygen atoms in total.